The van der Waals surface area contributed by atoms with E-state index in [1.807, 2.05) is 0 Å². The number of nitrogens with zero attached hydrogens (tertiary/aromatic N) is 1. The third kappa shape index (κ3) is 4.13. The van der Waals surface area contributed by atoms with Crippen LogP contribution in [0.15, 0.2) is 180 Å². The van der Waals surface area contributed by atoms with Crippen molar-refractivity contribution in [3.05, 3.63) is 176 Å². The predicted octanol–water partition coefficient (Wildman–Crippen LogP) is 12.8. The molecular weight excluding hydrogens is 583 g/mol. The van der Waals surface area contributed by atoms with Crippen LogP contribution in [0.25, 0.3) is 93.6 Å². The molecule has 2 heterocycles. The normalized spacial score (nSPS) is 11.8. The van der Waals surface area contributed by atoms with Crippen LogP contribution in [0.2, 0.25) is 0 Å². The Kier molecular flexibility index (Phi) is 5.91. The second-order valence-corrected chi connectivity index (χ2v) is 12.5. The molecule has 48 heavy (non-hydrogen) atoms. The largest absolute Gasteiger partial charge is 0.454 e. The van der Waals surface area contributed by atoms with Crippen molar-refractivity contribution in [3.8, 4) is 39.1 Å². The summed E-state index contributed by atoms with van der Waals surface area (Å²) >= 11 is 0. The topological polar surface area (TPSA) is 18.1 Å². The SMILES string of the molecule is c1ccc(-c2cc(-c3ccc4c(c3)oc3c(-n5c6ccccc6c6cc(-c7ccccc7)ccc65)cccc34)c3ccccc3c2)cc1. The van der Waals surface area contributed by atoms with Crippen molar-refractivity contribution in [1.82, 2.24) is 4.57 Å². The number of furan rings is 1. The second-order valence-electron chi connectivity index (χ2n) is 12.5. The van der Waals surface area contributed by atoms with Crippen molar-refractivity contribution in [1.29, 1.82) is 0 Å². The number of rotatable bonds is 4. The molecule has 10 aromatic rings. The zero-order valence-electron chi connectivity index (χ0n) is 26.1. The molecule has 0 saturated carbocycles. The van der Waals surface area contributed by atoms with E-state index in [1.54, 1.807) is 0 Å². The van der Waals surface area contributed by atoms with Gasteiger partial charge in [-0.1, -0.05) is 127 Å². The fourth-order valence-electron chi connectivity index (χ4n) is 7.52. The number of para-hydroxylation sites is 2. The van der Waals surface area contributed by atoms with E-state index in [0.717, 1.165) is 44.2 Å². The molecule has 8 aromatic carbocycles. The van der Waals surface area contributed by atoms with Crippen LogP contribution in [0.3, 0.4) is 0 Å². The Bertz CT molecular complexity index is 2820. The predicted molar refractivity (Wildman–Crippen MR) is 202 cm³/mol. The molecule has 0 spiro atoms. The van der Waals surface area contributed by atoms with E-state index in [2.05, 4.69) is 180 Å². The fraction of sp³-hybridized carbons (Fsp3) is 0. The first-order valence-electron chi connectivity index (χ1n) is 16.4. The van der Waals surface area contributed by atoms with Gasteiger partial charge in [-0.2, -0.15) is 0 Å². The summed E-state index contributed by atoms with van der Waals surface area (Å²) in [5, 5.41) is 7.14. The monoisotopic (exact) mass is 611 g/mol. The first-order valence-corrected chi connectivity index (χ1v) is 16.4. The molecule has 2 heteroatoms. The van der Waals surface area contributed by atoms with Crippen LogP contribution < -0.4 is 0 Å². The van der Waals surface area contributed by atoms with Gasteiger partial charge in [-0.25, -0.2) is 0 Å². The molecule has 0 radical (unpaired) electrons. The molecule has 0 aliphatic carbocycles. The molecule has 0 saturated heterocycles. The highest BCUT2D eigenvalue weighted by molar-refractivity contribution is 6.14. The highest BCUT2D eigenvalue weighted by Gasteiger charge is 2.19. The Hall–Kier alpha value is -6.38. The van der Waals surface area contributed by atoms with E-state index in [1.165, 1.54) is 49.4 Å². The van der Waals surface area contributed by atoms with E-state index in [4.69, 9.17) is 4.42 Å². The maximum absolute atomic E-state index is 6.87. The summed E-state index contributed by atoms with van der Waals surface area (Å²) in [6.07, 6.45) is 0. The summed E-state index contributed by atoms with van der Waals surface area (Å²) in [5.41, 5.74) is 12.3. The molecule has 0 aliphatic heterocycles. The summed E-state index contributed by atoms with van der Waals surface area (Å²) in [4.78, 5) is 0. The van der Waals surface area contributed by atoms with Crippen molar-refractivity contribution in [2.75, 3.05) is 0 Å². The van der Waals surface area contributed by atoms with Crippen molar-refractivity contribution < 1.29 is 4.42 Å². The number of fused-ring (bicyclic) bond motifs is 7. The zero-order valence-corrected chi connectivity index (χ0v) is 26.1. The molecule has 0 atom stereocenters. The van der Waals surface area contributed by atoms with Gasteiger partial charge in [-0.15, -0.1) is 0 Å². The van der Waals surface area contributed by atoms with Crippen LogP contribution in [0, 0.1) is 0 Å². The molecule has 224 valence electrons. The Morgan fingerprint density at radius 2 is 1.02 bits per heavy atom. The zero-order chi connectivity index (χ0) is 31.6. The summed E-state index contributed by atoms with van der Waals surface area (Å²) in [5.74, 6) is 0. The van der Waals surface area contributed by atoms with Crippen LogP contribution in [-0.2, 0) is 0 Å². The van der Waals surface area contributed by atoms with Gasteiger partial charge in [0.25, 0.3) is 0 Å². The van der Waals surface area contributed by atoms with Gasteiger partial charge in [-0.3, -0.25) is 0 Å². The highest BCUT2D eigenvalue weighted by atomic mass is 16.3. The lowest BCUT2D eigenvalue weighted by Gasteiger charge is -2.11. The average Bonchev–Trinajstić information content (AvgIpc) is 3.70. The van der Waals surface area contributed by atoms with Crippen molar-refractivity contribution in [2.24, 2.45) is 0 Å². The minimum absolute atomic E-state index is 0.885. The van der Waals surface area contributed by atoms with Crippen LogP contribution in [0.5, 0.6) is 0 Å². The number of benzene rings is 8. The highest BCUT2D eigenvalue weighted by Crippen LogP contribution is 2.41. The maximum atomic E-state index is 6.87. The summed E-state index contributed by atoms with van der Waals surface area (Å²) in [7, 11) is 0. The minimum Gasteiger partial charge on any atom is -0.454 e. The maximum Gasteiger partial charge on any atom is 0.159 e. The van der Waals surface area contributed by atoms with E-state index in [-0.39, 0.29) is 0 Å². The third-order valence-corrected chi connectivity index (χ3v) is 9.78. The van der Waals surface area contributed by atoms with Crippen LogP contribution >= 0.6 is 0 Å². The lowest BCUT2D eigenvalue weighted by atomic mass is 9.92. The molecule has 0 N–H and O–H groups in total. The van der Waals surface area contributed by atoms with Crippen molar-refractivity contribution >= 4 is 54.5 Å². The molecule has 0 bridgehead atoms. The summed E-state index contributed by atoms with van der Waals surface area (Å²) in [6, 6.07) is 63.1. The second kappa shape index (κ2) is 10.6. The van der Waals surface area contributed by atoms with Gasteiger partial charge < -0.3 is 8.98 Å². The Labute approximate surface area is 277 Å². The molecule has 2 aromatic heterocycles. The van der Waals surface area contributed by atoms with Gasteiger partial charge in [0.05, 0.1) is 16.7 Å². The Morgan fingerprint density at radius 3 is 1.85 bits per heavy atom. The van der Waals surface area contributed by atoms with E-state index >= 15 is 0 Å². The minimum atomic E-state index is 0.885. The quantitative estimate of drug-likeness (QED) is 0.194. The first-order chi connectivity index (χ1) is 23.8. The van der Waals surface area contributed by atoms with Crippen LogP contribution in [0.4, 0.5) is 0 Å². The van der Waals surface area contributed by atoms with Gasteiger partial charge in [0, 0.05) is 21.5 Å². The number of aromatic nitrogens is 1. The molecule has 0 unspecified atom stereocenters. The van der Waals surface area contributed by atoms with Gasteiger partial charge in [0.15, 0.2) is 5.58 Å². The Morgan fingerprint density at radius 1 is 0.354 bits per heavy atom. The smallest absolute Gasteiger partial charge is 0.159 e. The molecular formula is C46H29NO. The lowest BCUT2D eigenvalue weighted by molar-refractivity contribution is 0.666. The summed E-state index contributed by atoms with van der Waals surface area (Å²) < 4.78 is 9.23. The third-order valence-electron chi connectivity index (χ3n) is 9.78. The number of hydrogen-bond acceptors (Lipinski definition) is 1. The van der Waals surface area contributed by atoms with Crippen LogP contribution in [0.1, 0.15) is 0 Å². The van der Waals surface area contributed by atoms with Crippen molar-refractivity contribution in [2.45, 2.75) is 0 Å². The fourth-order valence-corrected chi connectivity index (χ4v) is 7.52. The molecule has 0 aliphatic rings. The Balaban J connectivity index is 1.18. The molecule has 0 fully saturated rings. The molecule has 2 nitrogen and oxygen atoms in total. The summed E-state index contributed by atoms with van der Waals surface area (Å²) in [6.45, 7) is 0. The van der Waals surface area contributed by atoms with E-state index < -0.39 is 0 Å². The van der Waals surface area contributed by atoms with Gasteiger partial charge in [0.1, 0.15) is 5.58 Å². The van der Waals surface area contributed by atoms with E-state index in [0.29, 0.717) is 0 Å². The first kappa shape index (κ1) is 26.8. The molecule has 0 amide bonds. The standard InChI is InChI=1S/C46H29NO/c1-3-12-30(13-4-1)32-23-25-43-41(27-32)37-18-9-10-20-42(37)47(43)44-21-11-19-39-38-24-22-34(29-45(38)48-46(39)44)40-28-35(31-14-5-2-6-15-31)26-33-16-7-8-17-36(33)40/h1-29H. The van der Waals surface area contributed by atoms with E-state index in [9.17, 15) is 0 Å². The lowest BCUT2D eigenvalue weighted by Crippen LogP contribution is -1.94. The van der Waals surface area contributed by atoms with Gasteiger partial charge in [0.2, 0.25) is 0 Å². The van der Waals surface area contributed by atoms with Crippen LogP contribution in [-0.4, -0.2) is 4.57 Å². The van der Waals surface area contributed by atoms with Gasteiger partial charge >= 0.3 is 0 Å². The van der Waals surface area contributed by atoms with Gasteiger partial charge in [-0.05, 0) is 92.7 Å². The average molecular weight is 612 g/mol. The molecule has 10 rings (SSSR count). The number of hydrogen-bond donors (Lipinski definition) is 0. The van der Waals surface area contributed by atoms with Crippen molar-refractivity contribution in [3.63, 3.8) is 0 Å².